The van der Waals surface area contributed by atoms with Crippen LogP contribution in [-0.4, -0.2) is 6.54 Å². The lowest BCUT2D eigenvalue weighted by Gasteiger charge is -2.12. The third kappa shape index (κ3) is 2.82. The molecular formula is C10H21N. The zero-order valence-corrected chi connectivity index (χ0v) is 7.84. The quantitative estimate of drug-likeness (QED) is 0.665. The molecule has 1 fully saturated rings. The highest BCUT2D eigenvalue weighted by Gasteiger charge is 2.23. The van der Waals surface area contributed by atoms with Crippen LogP contribution in [0.4, 0.5) is 0 Å². The van der Waals surface area contributed by atoms with Crippen LogP contribution in [0.5, 0.6) is 0 Å². The van der Waals surface area contributed by atoms with E-state index in [0.29, 0.717) is 0 Å². The molecule has 2 N–H and O–H groups in total. The highest BCUT2D eigenvalue weighted by atomic mass is 14.6. The van der Waals surface area contributed by atoms with Gasteiger partial charge in [-0.15, -0.1) is 0 Å². The molecule has 2 atom stereocenters. The molecule has 66 valence electrons. The summed E-state index contributed by atoms with van der Waals surface area (Å²) in [5, 5.41) is 0. The monoisotopic (exact) mass is 155 g/mol. The number of nitrogens with two attached hydrogens (primary N) is 1. The molecule has 0 amide bonds. The average molecular weight is 155 g/mol. The first-order valence-corrected chi connectivity index (χ1v) is 4.92. The summed E-state index contributed by atoms with van der Waals surface area (Å²) in [6, 6.07) is 0. The first-order chi connectivity index (χ1) is 5.22. The van der Waals surface area contributed by atoms with Crippen molar-refractivity contribution in [3.05, 3.63) is 0 Å². The van der Waals surface area contributed by atoms with Crippen LogP contribution in [0.25, 0.3) is 0 Å². The van der Waals surface area contributed by atoms with Crippen molar-refractivity contribution >= 4 is 0 Å². The molecule has 1 nitrogen and oxygen atoms in total. The second kappa shape index (κ2) is 4.10. The van der Waals surface area contributed by atoms with Crippen LogP contribution in [0.1, 0.15) is 39.5 Å². The van der Waals surface area contributed by atoms with Gasteiger partial charge in [0.25, 0.3) is 0 Å². The van der Waals surface area contributed by atoms with Gasteiger partial charge in [0, 0.05) is 0 Å². The Kier molecular flexibility index (Phi) is 3.38. The maximum atomic E-state index is 5.63. The van der Waals surface area contributed by atoms with Crippen LogP contribution in [0.15, 0.2) is 0 Å². The lowest BCUT2D eigenvalue weighted by atomic mass is 9.95. The van der Waals surface area contributed by atoms with Crippen molar-refractivity contribution in [2.75, 3.05) is 6.54 Å². The fourth-order valence-corrected chi connectivity index (χ4v) is 2.27. The third-order valence-corrected chi connectivity index (χ3v) is 2.79. The Morgan fingerprint density at radius 2 is 1.91 bits per heavy atom. The summed E-state index contributed by atoms with van der Waals surface area (Å²) in [5.74, 6) is 2.71. The van der Waals surface area contributed by atoms with Crippen molar-refractivity contribution in [1.82, 2.24) is 0 Å². The standard InChI is InChI=1S/C10H21N/c1-8(2)5-9-3-4-10(6-9)7-11/h8-10H,3-7,11H2,1-2H3/t9-,10+/m1/s1. The van der Waals surface area contributed by atoms with E-state index in [1.54, 1.807) is 0 Å². The van der Waals surface area contributed by atoms with Gasteiger partial charge in [-0.25, -0.2) is 0 Å². The molecular weight excluding hydrogens is 134 g/mol. The molecule has 1 rings (SSSR count). The zero-order chi connectivity index (χ0) is 8.27. The molecule has 0 saturated heterocycles. The van der Waals surface area contributed by atoms with Crippen molar-refractivity contribution in [3.8, 4) is 0 Å². The minimum atomic E-state index is 0.846. The van der Waals surface area contributed by atoms with Gasteiger partial charge in [-0.05, 0) is 43.6 Å². The minimum Gasteiger partial charge on any atom is -0.330 e. The van der Waals surface area contributed by atoms with Crippen molar-refractivity contribution in [1.29, 1.82) is 0 Å². The first-order valence-electron chi connectivity index (χ1n) is 4.92. The predicted molar refractivity (Wildman–Crippen MR) is 49.3 cm³/mol. The normalized spacial score (nSPS) is 31.6. The Morgan fingerprint density at radius 3 is 2.36 bits per heavy atom. The molecule has 1 aliphatic rings. The van der Waals surface area contributed by atoms with E-state index < -0.39 is 0 Å². The molecule has 0 aromatic carbocycles. The predicted octanol–water partition coefficient (Wildman–Crippen LogP) is 2.41. The molecule has 0 aliphatic heterocycles. The molecule has 1 aliphatic carbocycles. The SMILES string of the molecule is CC(C)C[C@H]1CC[C@H](CN)C1. The van der Waals surface area contributed by atoms with Crippen LogP contribution < -0.4 is 5.73 Å². The van der Waals surface area contributed by atoms with Crippen molar-refractivity contribution in [2.45, 2.75) is 39.5 Å². The molecule has 1 saturated carbocycles. The maximum absolute atomic E-state index is 5.63. The van der Waals surface area contributed by atoms with Crippen LogP contribution in [0, 0.1) is 17.8 Å². The molecule has 11 heavy (non-hydrogen) atoms. The van der Waals surface area contributed by atoms with E-state index in [0.717, 1.165) is 24.3 Å². The molecule has 0 bridgehead atoms. The summed E-state index contributed by atoms with van der Waals surface area (Å²) < 4.78 is 0. The van der Waals surface area contributed by atoms with Gasteiger partial charge in [0.2, 0.25) is 0 Å². The smallest absolute Gasteiger partial charge is 0.00488 e. The van der Waals surface area contributed by atoms with Gasteiger partial charge in [-0.3, -0.25) is 0 Å². The van der Waals surface area contributed by atoms with Gasteiger partial charge in [-0.2, -0.15) is 0 Å². The Labute approximate surface area is 70.4 Å². The Morgan fingerprint density at radius 1 is 1.27 bits per heavy atom. The van der Waals surface area contributed by atoms with E-state index in [-0.39, 0.29) is 0 Å². The summed E-state index contributed by atoms with van der Waals surface area (Å²) >= 11 is 0. The second-order valence-electron chi connectivity index (χ2n) is 4.41. The lowest BCUT2D eigenvalue weighted by Crippen LogP contribution is -2.11. The van der Waals surface area contributed by atoms with Crippen LogP contribution >= 0.6 is 0 Å². The first kappa shape index (κ1) is 9.05. The Balaban J connectivity index is 2.19. The molecule has 0 spiro atoms. The Bertz CT molecular complexity index is 109. The lowest BCUT2D eigenvalue weighted by molar-refractivity contribution is 0.404. The zero-order valence-electron chi connectivity index (χ0n) is 7.84. The Hall–Kier alpha value is -0.0400. The van der Waals surface area contributed by atoms with Crippen LogP contribution in [0.3, 0.4) is 0 Å². The average Bonchev–Trinajstić information content (AvgIpc) is 2.34. The van der Waals surface area contributed by atoms with Gasteiger partial charge < -0.3 is 5.73 Å². The molecule has 1 heteroatoms. The topological polar surface area (TPSA) is 26.0 Å². The number of hydrogen-bond acceptors (Lipinski definition) is 1. The molecule has 0 unspecified atom stereocenters. The summed E-state index contributed by atoms with van der Waals surface area (Å²) in [4.78, 5) is 0. The second-order valence-corrected chi connectivity index (χ2v) is 4.41. The van der Waals surface area contributed by atoms with Gasteiger partial charge >= 0.3 is 0 Å². The highest BCUT2D eigenvalue weighted by molar-refractivity contribution is 4.76. The van der Waals surface area contributed by atoms with E-state index in [1.165, 1.54) is 25.7 Å². The fraction of sp³-hybridized carbons (Fsp3) is 1.00. The molecule has 0 aromatic heterocycles. The molecule has 0 radical (unpaired) electrons. The van der Waals surface area contributed by atoms with E-state index in [4.69, 9.17) is 5.73 Å². The summed E-state index contributed by atoms with van der Waals surface area (Å²) in [7, 11) is 0. The van der Waals surface area contributed by atoms with Crippen molar-refractivity contribution in [2.24, 2.45) is 23.5 Å². The van der Waals surface area contributed by atoms with Crippen LogP contribution in [-0.2, 0) is 0 Å². The van der Waals surface area contributed by atoms with Crippen molar-refractivity contribution in [3.63, 3.8) is 0 Å². The van der Waals surface area contributed by atoms with Crippen LogP contribution in [0.2, 0.25) is 0 Å². The van der Waals surface area contributed by atoms with E-state index in [9.17, 15) is 0 Å². The number of hydrogen-bond donors (Lipinski definition) is 1. The highest BCUT2D eigenvalue weighted by Crippen LogP contribution is 2.34. The summed E-state index contributed by atoms with van der Waals surface area (Å²) in [6.07, 6.45) is 5.62. The molecule has 0 heterocycles. The van der Waals surface area contributed by atoms with Gasteiger partial charge in [0.1, 0.15) is 0 Å². The van der Waals surface area contributed by atoms with E-state index in [2.05, 4.69) is 13.8 Å². The van der Waals surface area contributed by atoms with Gasteiger partial charge in [-0.1, -0.05) is 20.3 Å². The van der Waals surface area contributed by atoms with E-state index >= 15 is 0 Å². The molecule has 0 aromatic rings. The van der Waals surface area contributed by atoms with Crippen molar-refractivity contribution < 1.29 is 0 Å². The third-order valence-electron chi connectivity index (χ3n) is 2.79. The van der Waals surface area contributed by atoms with E-state index in [1.807, 2.05) is 0 Å². The number of rotatable bonds is 3. The summed E-state index contributed by atoms with van der Waals surface area (Å²) in [5.41, 5.74) is 5.63. The minimum absolute atomic E-state index is 0.846. The largest absolute Gasteiger partial charge is 0.330 e. The van der Waals surface area contributed by atoms with Gasteiger partial charge in [0.05, 0.1) is 0 Å². The summed E-state index contributed by atoms with van der Waals surface area (Å²) in [6.45, 7) is 5.54. The maximum Gasteiger partial charge on any atom is -0.00488 e. The fourth-order valence-electron chi connectivity index (χ4n) is 2.27. The van der Waals surface area contributed by atoms with Gasteiger partial charge in [0.15, 0.2) is 0 Å².